The second-order valence-corrected chi connectivity index (χ2v) is 8.68. The molecule has 2 fully saturated rings. The summed E-state index contributed by atoms with van der Waals surface area (Å²) in [7, 11) is 1.94. The number of fused-ring (bicyclic) bond motifs is 1. The van der Waals surface area contributed by atoms with Gasteiger partial charge in [-0.1, -0.05) is 37.0 Å². The van der Waals surface area contributed by atoms with Crippen LogP contribution >= 0.6 is 0 Å². The molecule has 7 nitrogen and oxygen atoms in total. The van der Waals surface area contributed by atoms with Crippen LogP contribution in [0.4, 0.5) is 17.5 Å². The molecule has 5 rings (SSSR count). The van der Waals surface area contributed by atoms with Crippen molar-refractivity contribution >= 4 is 28.5 Å². The molecule has 7 heteroatoms. The third-order valence-corrected chi connectivity index (χ3v) is 6.58. The largest absolute Gasteiger partial charge is 0.339 e. The molecule has 3 aromatic rings. The van der Waals surface area contributed by atoms with Crippen molar-refractivity contribution in [2.75, 3.05) is 36.4 Å². The van der Waals surface area contributed by atoms with Gasteiger partial charge in [0.05, 0.1) is 11.6 Å². The first-order chi connectivity index (χ1) is 14.7. The van der Waals surface area contributed by atoms with Gasteiger partial charge in [0, 0.05) is 45.0 Å². The number of aryl methyl sites for hydroxylation is 2. The van der Waals surface area contributed by atoms with E-state index in [9.17, 15) is 0 Å². The van der Waals surface area contributed by atoms with E-state index in [1.165, 1.54) is 37.7 Å². The summed E-state index contributed by atoms with van der Waals surface area (Å²) in [5, 5.41) is 8.85. The Labute approximate surface area is 178 Å². The Hall–Kier alpha value is -2.67. The molecule has 1 N–H and O–H groups in total. The first kappa shape index (κ1) is 19.3. The molecule has 30 heavy (non-hydrogen) atoms. The van der Waals surface area contributed by atoms with E-state index in [-0.39, 0.29) is 0 Å². The molecule has 158 valence electrons. The fraction of sp³-hybridized carbons (Fsp3) is 0.522. The summed E-state index contributed by atoms with van der Waals surface area (Å²) in [6.07, 6.45) is 8.75. The fourth-order valence-corrected chi connectivity index (χ4v) is 4.75. The number of hydrogen-bond acceptors (Lipinski definition) is 6. The lowest BCUT2D eigenvalue weighted by Gasteiger charge is -2.40. The molecule has 2 aliphatic rings. The van der Waals surface area contributed by atoms with E-state index in [1.807, 2.05) is 17.9 Å². The minimum atomic E-state index is 0.778. The predicted octanol–water partition coefficient (Wildman–Crippen LogP) is 3.87. The van der Waals surface area contributed by atoms with E-state index >= 15 is 0 Å². The maximum atomic E-state index is 4.93. The van der Waals surface area contributed by atoms with Gasteiger partial charge in [-0.25, -0.2) is 0 Å². The Morgan fingerprint density at radius 2 is 1.67 bits per heavy atom. The van der Waals surface area contributed by atoms with E-state index in [0.717, 1.165) is 60.7 Å². The molecule has 0 spiro atoms. The molecule has 0 atom stereocenters. The topological polar surface area (TPSA) is 62.1 Å². The zero-order valence-electron chi connectivity index (χ0n) is 18.0. The van der Waals surface area contributed by atoms with E-state index < -0.39 is 0 Å². The highest BCUT2D eigenvalue weighted by molar-refractivity contribution is 5.89. The molecule has 1 aliphatic heterocycles. The Bertz CT molecular complexity index is 996. The van der Waals surface area contributed by atoms with Crippen molar-refractivity contribution in [2.45, 2.75) is 45.1 Å². The van der Waals surface area contributed by atoms with Crippen LogP contribution in [0.5, 0.6) is 0 Å². The van der Waals surface area contributed by atoms with Gasteiger partial charge >= 0.3 is 0 Å². The van der Waals surface area contributed by atoms with Crippen molar-refractivity contribution in [3.05, 3.63) is 36.0 Å². The summed E-state index contributed by atoms with van der Waals surface area (Å²) in [6, 6.07) is 9.16. The zero-order valence-corrected chi connectivity index (χ0v) is 18.0. The lowest BCUT2D eigenvalue weighted by molar-refractivity contribution is 0.147. The number of piperazine rings is 1. The van der Waals surface area contributed by atoms with Crippen molar-refractivity contribution in [3.8, 4) is 0 Å². The SMILES string of the molecule is Cc1ccc(Nc2nc(N3CCN(C4CCCCC4)CC3)nc3c2cnn3C)cc1. The molecule has 1 aliphatic carbocycles. The fourth-order valence-electron chi connectivity index (χ4n) is 4.75. The van der Waals surface area contributed by atoms with E-state index in [0.29, 0.717) is 0 Å². The average Bonchev–Trinajstić information content (AvgIpc) is 3.17. The highest BCUT2D eigenvalue weighted by Gasteiger charge is 2.26. The van der Waals surface area contributed by atoms with Crippen LogP contribution in [0.25, 0.3) is 11.0 Å². The normalized spacial score (nSPS) is 18.8. The number of nitrogens with zero attached hydrogens (tertiary/aromatic N) is 6. The van der Waals surface area contributed by atoms with E-state index in [2.05, 4.69) is 51.4 Å². The highest BCUT2D eigenvalue weighted by atomic mass is 15.4. The van der Waals surface area contributed by atoms with Crippen molar-refractivity contribution in [1.82, 2.24) is 24.6 Å². The summed E-state index contributed by atoms with van der Waals surface area (Å²) in [5.74, 6) is 1.62. The van der Waals surface area contributed by atoms with Gasteiger partial charge in [-0.05, 0) is 31.9 Å². The molecule has 1 saturated heterocycles. The second-order valence-electron chi connectivity index (χ2n) is 8.68. The molecule has 0 unspecified atom stereocenters. The number of nitrogens with one attached hydrogen (secondary N) is 1. The zero-order chi connectivity index (χ0) is 20.5. The lowest BCUT2D eigenvalue weighted by atomic mass is 9.94. The molecule has 1 aromatic carbocycles. The number of benzene rings is 1. The smallest absolute Gasteiger partial charge is 0.229 e. The summed E-state index contributed by atoms with van der Waals surface area (Å²) >= 11 is 0. The molecule has 2 aromatic heterocycles. The van der Waals surface area contributed by atoms with Crippen molar-refractivity contribution in [3.63, 3.8) is 0 Å². The molecular weight excluding hydrogens is 374 g/mol. The van der Waals surface area contributed by atoms with Crippen LogP contribution in [0.2, 0.25) is 0 Å². The third kappa shape index (κ3) is 3.86. The summed E-state index contributed by atoms with van der Waals surface area (Å²) in [4.78, 5) is 14.8. The number of rotatable bonds is 4. The predicted molar refractivity (Wildman–Crippen MR) is 121 cm³/mol. The van der Waals surface area contributed by atoms with Crippen LogP contribution < -0.4 is 10.2 Å². The van der Waals surface area contributed by atoms with Gasteiger partial charge in [0.1, 0.15) is 5.82 Å². The summed E-state index contributed by atoms with van der Waals surface area (Å²) in [6.45, 7) is 6.24. The molecule has 0 amide bonds. The van der Waals surface area contributed by atoms with Crippen LogP contribution in [0.1, 0.15) is 37.7 Å². The van der Waals surface area contributed by atoms with Crippen LogP contribution in [-0.2, 0) is 7.05 Å². The van der Waals surface area contributed by atoms with Crippen molar-refractivity contribution in [1.29, 1.82) is 0 Å². The number of hydrogen-bond donors (Lipinski definition) is 1. The molecule has 3 heterocycles. The molecular formula is C23H31N7. The van der Waals surface area contributed by atoms with Crippen molar-refractivity contribution in [2.24, 2.45) is 7.05 Å². The lowest BCUT2D eigenvalue weighted by Crippen LogP contribution is -2.51. The van der Waals surface area contributed by atoms with E-state index in [1.54, 1.807) is 0 Å². The number of anilines is 3. The summed E-state index contributed by atoms with van der Waals surface area (Å²) < 4.78 is 1.83. The number of aromatic nitrogens is 4. The maximum absolute atomic E-state index is 4.93. The Balaban J connectivity index is 1.38. The van der Waals surface area contributed by atoms with Crippen LogP contribution in [0.3, 0.4) is 0 Å². The van der Waals surface area contributed by atoms with Crippen molar-refractivity contribution < 1.29 is 0 Å². The molecule has 1 saturated carbocycles. The first-order valence-corrected chi connectivity index (χ1v) is 11.2. The average molecular weight is 406 g/mol. The van der Waals surface area contributed by atoms with Gasteiger partial charge in [0.15, 0.2) is 5.65 Å². The van der Waals surface area contributed by atoms with Gasteiger partial charge in [0.25, 0.3) is 0 Å². The van der Waals surface area contributed by atoms with E-state index in [4.69, 9.17) is 9.97 Å². The van der Waals surface area contributed by atoms with Gasteiger partial charge < -0.3 is 10.2 Å². The van der Waals surface area contributed by atoms with Crippen LogP contribution in [-0.4, -0.2) is 56.9 Å². The quantitative estimate of drug-likeness (QED) is 0.711. The van der Waals surface area contributed by atoms with Gasteiger partial charge in [-0.2, -0.15) is 15.1 Å². The summed E-state index contributed by atoms with van der Waals surface area (Å²) in [5.41, 5.74) is 3.13. The minimum absolute atomic E-state index is 0.778. The van der Waals surface area contributed by atoms with Gasteiger partial charge in [-0.3, -0.25) is 9.58 Å². The first-order valence-electron chi connectivity index (χ1n) is 11.2. The third-order valence-electron chi connectivity index (χ3n) is 6.58. The standard InChI is InChI=1S/C23H31N7/c1-17-8-10-18(11-9-17)25-21-20-16-24-28(2)22(20)27-23(26-21)30-14-12-29(13-15-30)19-6-4-3-5-7-19/h8-11,16,19H,3-7,12-15H2,1-2H3,(H,25,26,27). The monoisotopic (exact) mass is 405 g/mol. The highest BCUT2D eigenvalue weighted by Crippen LogP contribution is 2.28. The Morgan fingerprint density at radius 1 is 0.933 bits per heavy atom. The van der Waals surface area contributed by atoms with Gasteiger partial charge in [-0.15, -0.1) is 0 Å². The Kier molecular flexibility index (Phi) is 5.29. The Morgan fingerprint density at radius 3 is 2.40 bits per heavy atom. The molecule has 0 radical (unpaired) electrons. The van der Waals surface area contributed by atoms with Crippen LogP contribution in [0, 0.1) is 6.92 Å². The maximum Gasteiger partial charge on any atom is 0.229 e. The van der Waals surface area contributed by atoms with Crippen LogP contribution in [0.15, 0.2) is 30.5 Å². The minimum Gasteiger partial charge on any atom is -0.339 e. The second kappa shape index (κ2) is 8.22. The molecule has 0 bridgehead atoms. The van der Waals surface area contributed by atoms with Gasteiger partial charge in [0.2, 0.25) is 5.95 Å².